The van der Waals surface area contributed by atoms with Crippen molar-refractivity contribution in [2.75, 3.05) is 57.3 Å². The summed E-state index contributed by atoms with van der Waals surface area (Å²) in [6, 6.07) is 6.59. The lowest BCUT2D eigenvalue weighted by atomic mass is 9.75. The summed E-state index contributed by atoms with van der Waals surface area (Å²) >= 11 is 0. The number of piperidine rings is 1. The van der Waals surface area contributed by atoms with Crippen LogP contribution in [0.2, 0.25) is 0 Å². The summed E-state index contributed by atoms with van der Waals surface area (Å²) in [5, 5.41) is 10.7. The van der Waals surface area contributed by atoms with Gasteiger partial charge in [-0.05, 0) is 43.5 Å². The molecule has 1 aromatic rings. The Labute approximate surface area is 192 Å². The van der Waals surface area contributed by atoms with Crippen molar-refractivity contribution in [3.63, 3.8) is 0 Å². The number of cyclic esters (lactones) is 1. The van der Waals surface area contributed by atoms with Crippen LogP contribution in [0.1, 0.15) is 25.7 Å². The molecule has 2 amide bonds. The SMILES string of the molecule is O=C(O)NCC(=O)N1CCC2(CC1)CC(CCN1CCN(c3ccc(F)cc3)CC1)OC2=O. The molecule has 1 unspecified atom stereocenters. The molecule has 3 fully saturated rings. The summed E-state index contributed by atoms with van der Waals surface area (Å²) in [6.45, 7) is 5.05. The maximum absolute atomic E-state index is 13.1. The minimum atomic E-state index is -1.23. The van der Waals surface area contributed by atoms with Gasteiger partial charge in [-0.3, -0.25) is 14.5 Å². The van der Waals surface area contributed by atoms with Gasteiger partial charge in [-0.15, -0.1) is 0 Å². The Bertz CT molecular complexity index is 864. The number of benzene rings is 1. The molecule has 0 bridgehead atoms. The van der Waals surface area contributed by atoms with Crippen LogP contribution in [0.5, 0.6) is 0 Å². The number of likely N-dealkylation sites (tertiary alicyclic amines) is 1. The van der Waals surface area contributed by atoms with Crippen LogP contribution in [0.15, 0.2) is 24.3 Å². The summed E-state index contributed by atoms with van der Waals surface area (Å²) < 4.78 is 18.9. The van der Waals surface area contributed by atoms with Gasteiger partial charge in [-0.25, -0.2) is 9.18 Å². The fraction of sp³-hybridized carbons (Fsp3) is 0.609. The first-order chi connectivity index (χ1) is 15.8. The summed E-state index contributed by atoms with van der Waals surface area (Å²) in [5.41, 5.74) is 0.509. The van der Waals surface area contributed by atoms with E-state index in [2.05, 4.69) is 15.1 Å². The van der Waals surface area contributed by atoms with Crippen molar-refractivity contribution in [3.05, 3.63) is 30.1 Å². The van der Waals surface area contributed by atoms with E-state index in [1.807, 2.05) is 12.1 Å². The molecule has 4 rings (SSSR count). The number of ether oxygens (including phenoxy) is 1. The van der Waals surface area contributed by atoms with Crippen LogP contribution in [0.3, 0.4) is 0 Å². The highest BCUT2D eigenvalue weighted by Gasteiger charge is 2.50. The van der Waals surface area contributed by atoms with Crippen molar-refractivity contribution in [2.45, 2.75) is 31.8 Å². The van der Waals surface area contributed by atoms with Crippen LogP contribution in [0.25, 0.3) is 0 Å². The number of nitrogens with zero attached hydrogens (tertiary/aromatic N) is 3. The van der Waals surface area contributed by atoms with E-state index in [-0.39, 0.29) is 30.3 Å². The molecule has 3 heterocycles. The van der Waals surface area contributed by atoms with Gasteiger partial charge in [0.25, 0.3) is 0 Å². The molecule has 0 aromatic heterocycles. The molecule has 0 radical (unpaired) electrons. The molecule has 3 aliphatic rings. The van der Waals surface area contributed by atoms with Gasteiger partial charge in [-0.2, -0.15) is 0 Å². The largest absolute Gasteiger partial charge is 0.465 e. The van der Waals surface area contributed by atoms with Gasteiger partial charge in [0.2, 0.25) is 5.91 Å². The molecule has 1 aromatic carbocycles. The third-order valence-corrected chi connectivity index (χ3v) is 7.12. The van der Waals surface area contributed by atoms with Gasteiger partial charge in [0.1, 0.15) is 18.5 Å². The molecule has 3 aliphatic heterocycles. The Morgan fingerprint density at radius 3 is 2.39 bits per heavy atom. The molecule has 9 nitrogen and oxygen atoms in total. The van der Waals surface area contributed by atoms with E-state index in [4.69, 9.17) is 9.84 Å². The van der Waals surface area contributed by atoms with Crippen molar-refractivity contribution < 1.29 is 28.6 Å². The van der Waals surface area contributed by atoms with Gasteiger partial charge in [0, 0.05) is 57.9 Å². The summed E-state index contributed by atoms with van der Waals surface area (Å²) in [4.78, 5) is 41.6. The molecule has 10 heteroatoms. The zero-order valence-corrected chi connectivity index (χ0v) is 18.7. The lowest BCUT2D eigenvalue weighted by molar-refractivity contribution is -0.152. The number of hydrogen-bond acceptors (Lipinski definition) is 6. The van der Waals surface area contributed by atoms with Crippen LogP contribution < -0.4 is 10.2 Å². The molecule has 0 saturated carbocycles. The Morgan fingerprint density at radius 1 is 1.09 bits per heavy atom. The van der Waals surface area contributed by atoms with Crippen LogP contribution >= 0.6 is 0 Å². The zero-order valence-electron chi connectivity index (χ0n) is 18.7. The fourth-order valence-corrected chi connectivity index (χ4v) is 5.06. The minimum Gasteiger partial charge on any atom is -0.465 e. The first-order valence-electron chi connectivity index (χ1n) is 11.5. The first-order valence-corrected chi connectivity index (χ1v) is 11.5. The molecule has 0 aliphatic carbocycles. The van der Waals surface area contributed by atoms with E-state index in [0.29, 0.717) is 32.4 Å². The monoisotopic (exact) mass is 462 g/mol. The third kappa shape index (κ3) is 5.55. The fourth-order valence-electron chi connectivity index (χ4n) is 5.06. The molecular formula is C23H31FN4O5. The highest BCUT2D eigenvalue weighted by atomic mass is 19.1. The maximum Gasteiger partial charge on any atom is 0.405 e. The van der Waals surface area contributed by atoms with E-state index in [1.165, 1.54) is 12.1 Å². The average molecular weight is 463 g/mol. The lowest BCUT2D eigenvalue weighted by Crippen LogP contribution is -2.48. The molecule has 3 saturated heterocycles. The Kier molecular flexibility index (Phi) is 7.02. The predicted molar refractivity (Wildman–Crippen MR) is 118 cm³/mol. The Hall–Kier alpha value is -2.88. The lowest BCUT2D eigenvalue weighted by Gasteiger charge is -2.37. The van der Waals surface area contributed by atoms with Crippen molar-refractivity contribution >= 4 is 23.7 Å². The van der Waals surface area contributed by atoms with E-state index in [0.717, 1.165) is 44.8 Å². The Balaban J connectivity index is 1.19. The zero-order chi connectivity index (χ0) is 23.4. The molecule has 1 atom stereocenters. The quantitative estimate of drug-likeness (QED) is 0.618. The van der Waals surface area contributed by atoms with E-state index >= 15 is 0 Å². The van der Waals surface area contributed by atoms with Crippen molar-refractivity contribution in [1.82, 2.24) is 15.1 Å². The second-order valence-corrected chi connectivity index (χ2v) is 9.15. The van der Waals surface area contributed by atoms with Crippen LogP contribution in [-0.2, 0) is 14.3 Å². The second-order valence-electron chi connectivity index (χ2n) is 9.15. The average Bonchev–Trinajstić information content (AvgIpc) is 3.12. The molecular weight excluding hydrogens is 431 g/mol. The van der Waals surface area contributed by atoms with E-state index < -0.39 is 11.5 Å². The number of esters is 1. The summed E-state index contributed by atoms with van der Waals surface area (Å²) in [5.74, 6) is -0.659. The van der Waals surface area contributed by atoms with Gasteiger partial charge < -0.3 is 25.0 Å². The van der Waals surface area contributed by atoms with Crippen LogP contribution in [0, 0.1) is 11.2 Å². The third-order valence-electron chi connectivity index (χ3n) is 7.12. The van der Waals surface area contributed by atoms with E-state index in [9.17, 15) is 18.8 Å². The Morgan fingerprint density at radius 2 is 1.76 bits per heavy atom. The topological polar surface area (TPSA) is 102 Å². The smallest absolute Gasteiger partial charge is 0.405 e. The van der Waals surface area contributed by atoms with Gasteiger partial charge in [-0.1, -0.05) is 0 Å². The molecule has 33 heavy (non-hydrogen) atoms. The number of hydrogen-bond donors (Lipinski definition) is 2. The highest BCUT2D eigenvalue weighted by Crippen LogP contribution is 2.43. The van der Waals surface area contributed by atoms with Crippen molar-refractivity contribution in [2.24, 2.45) is 5.41 Å². The summed E-state index contributed by atoms with van der Waals surface area (Å²) in [7, 11) is 0. The number of rotatable bonds is 6. The van der Waals surface area contributed by atoms with Gasteiger partial charge in [0.05, 0.1) is 5.41 Å². The number of anilines is 1. The second kappa shape index (κ2) is 9.94. The first kappa shape index (κ1) is 23.3. The number of piperazine rings is 1. The number of carboxylic acid groups (broad SMARTS) is 1. The number of carbonyl (C=O) groups is 3. The van der Waals surface area contributed by atoms with Crippen LogP contribution in [-0.4, -0.2) is 91.3 Å². The van der Waals surface area contributed by atoms with Gasteiger partial charge in [0.15, 0.2) is 0 Å². The molecule has 180 valence electrons. The molecule has 2 N–H and O–H groups in total. The van der Waals surface area contributed by atoms with E-state index in [1.54, 1.807) is 4.90 Å². The minimum absolute atomic E-state index is 0.108. The standard InChI is InChI=1S/C23H31FN4O5/c24-17-1-3-18(4-2-17)27-13-11-26(12-14-27)8-5-19-15-23(21(30)33-19)6-9-28(10-7-23)20(29)16-25-22(31)32/h1-4,19,25H,5-16H2,(H,31,32). The van der Waals surface area contributed by atoms with Crippen molar-refractivity contribution in [1.29, 1.82) is 0 Å². The van der Waals surface area contributed by atoms with Crippen LogP contribution in [0.4, 0.5) is 14.9 Å². The summed E-state index contributed by atoms with van der Waals surface area (Å²) in [6.07, 6.45) is 1.24. The normalized spacial score (nSPS) is 22.9. The predicted octanol–water partition coefficient (Wildman–Crippen LogP) is 1.53. The number of halogens is 1. The highest BCUT2D eigenvalue weighted by molar-refractivity contribution is 5.83. The van der Waals surface area contributed by atoms with Crippen molar-refractivity contribution in [3.8, 4) is 0 Å². The maximum atomic E-state index is 13.1. The molecule has 1 spiro atoms. The number of amides is 2. The number of nitrogens with one attached hydrogen (secondary N) is 1. The van der Waals surface area contributed by atoms with Gasteiger partial charge >= 0.3 is 12.1 Å². The number of carbonyl (C=O) groups excluding carboxylic acids is 2.